The van der Waals surface area contributed by atoms with Crippen LogP contribution in [0.25, 0.3) is 0 Å². The van der Waals surface area contributed by atoms with Gasteiger partial charge in [0.15, 0.2) is 11.7 Å². The fraction of sp³-hybridized carbons (Fsp3) is 0.0625. The van der Waals surface area contributed by atoms with E-state index in [1.807, 2.05) is 4.98 Å². The molecule has 0 aliphatic heterocycles. The first-order chi connectivity index (χ1) is 15.1. The van der Waals surface area contributed by atoms with E-state index in [0.29, 0.717) is 11.3 Å². The number of nitro groups is 1. The van der Waals surface area contributed by atoms with Crippen LogP contribution in [0.15, 0.2) is 55.4 Å². The minimum Gasteiger partial charge on any atom is -0.452 e. The monoisotopic (exact) mass is 481 g/mol. The third-order valence-corrected chi connectivity index (χ3v) is 6.87. The van der Waals surface area contributed by atoms with Crippen molar-refractivity contribution < 1.29 is 27.7 Å². The van der Waals surface area contributed by atoms with Gasteiger partial charge in [0.05, 0.1) is 16.0 Å². The van der Waals surface area contributed by atoms with Crippen LogP contribution in [-0.4, -0.2) is 46.8 Å². The molecule has 0 saturated carbocycles. The molecule has 3 aromatic rings. The van der Waals surface area contributed by atoms with Crippen molar-refractivity contribution in [2.24, 2.45) is 0 Å². The fourth-order valence-corrected chi connectivity index (χ4v) is 4.68. The zero-order valence-corrected chi connectivity index (χ0v) is 17.2. The molecular weight excluding hydrogens is 470 g/mol. The van der Waals surface area contributed by atoms with Gasteiger partial charge in [0.25, 0.3) is 17.2 Å². The van der Waals surface area contributed by atoms with Crippen LogP contribution >= 0.6 is 11.3 Å². The van der Waals surface area contributed by atoms with Crippen molar-refractivity contribution in [1.82, 2.24) is 15.0 Å². The lowest BCUT2D eigenvalue weighted by Gasteiger charge is -2.04. The van der Waals surface area contributed by atoms with Gasteiger partial charge < -0.3 is 9.72 Å². The lowest BCUT2D eigenvalue weighted by Crippen LogP contribution is -2.29. The fourth-order valence-electron chi connectivity index (χ4n) is 2.23. The van der Waals surface area contributed by atoms with E-state index in [0.717, 1.165) is 36.7 Å². The van der Waals surface area contributed by atoms with Gasteiger partial charge in [-0.1, -0.05) is 11.3 Å². The molecule has 0 bridgehead atoms. The van der Waals surface area contributed by atoms with Crippen molar-refractivity contribution in [3.8, 4) is 0 Å². The molecule has 0 spiro atoms. The number of carbonyl (C=O) groups is 2. The highest BCUT2D eigenvalue weighted by molar-refractivity contribution is 7.93. The third kappa shape index (κ3) is 4.93. The van der Waals surface area contributed by atoms with E-state index < -0.39 is 50.1 Å². The molecular formula is C16H11N5O9S2. The standard InChI is InChI=1S/C16H11N5O9S2/c22-11(7-30-14(24)10-5-17-15(25)20-13(10)23)19-16-18-6-12(31-16)32(28,29)9-3-1-8(2-4-9)21(26)27/h1-6H,7H2,(H,18,19,22)(H2,17,20,23,25). The molecule has 2 aromatic heterocycles. The van der Waals surface area contributed by atoms with E-state index in [9.17, 15) is 37.7 Å². The lowest BCUT2D eigenvalue weighted by molar-refractivity contribution is -0.384. The molecule has 1 aromatic carbocycles. The number of benzene rings is 1. The van der Waals surface area contributed by atoms with Crippen LogP contribution in [0, 0.1) is 10.1 Å². The zero-order valence-electron chi connectivity index (χ0n) is 15.6. The molecule has 14 nitrogen and oxygen atoms in total. The first kappa shape index (κ1) is 22.5. The molecule has 0 fully saturated rings. The number of aromatic nitrogens is 3. The minimum absolute atomic E-state index is 0.117. The van der Waals surface area contributed by atoms with Crippen molar-refractivity contribution in [3.05, 3.63) is 73.2 Å². The van der Waals surface area contributed by atoms with Crippen LogP contribution in [0.2, 0.25) is 0 Å². The van der Waals surface area contributed by atoms with Gasteiger partial charge in [-0.15, -0.1) is 0 Å². The molecule has 0 aliphatic carbocycles. The van der Waals surface area contributed by atoms with Crippen molar-refractivity contribution >= 4 is 43.9 Å². The number of esters is 1. The summed E-state index contributed by atoms with van der Waals surface area (Å²) in [5.74, 6) is -2.04. The first-order valence-electron chi connectivity index (χ1n) is 8.32. The number of carbonyl (C=O) groups excluding carboxylic acids is 2. The Labute approximate surface area is 181 Å². The Bertz CT molecular complexity index is 1420. The summed E-state index contributed by atoms with van der Waals surface area (Å²) in [5.41, 5.74) is -2.63. The number of H-pyrrole nitrogens is 2. The van der Waals surface area contributed by atoms with Gasteiger partial charge in [-0.3, -0.25) is 30.0 Å². The van der Waals surface area contributed by atoms with Gasteiger partial charge in [-0.25, -0.2) is 23.0 Å². The number of hydrogen-bond acceptors (Lipinski definition) is 11. The van der Waals surface area contributed by atoms with E-state index in [4.69, 9.17) is 0 Å². The molecule has 16 heteroatoms. The number of hydrogen-bond donors (Lipinski definition) is 3. The molecule has 0 aliphatic rings. The maximum Gasteiger partial charge on any atom is 0.345 e. The first-order valence-corrected chi connectivity index (χ1v) is 10.6. The summed E-state index contributed by atoms with van der Waals surface area (Å²) in [4.78, 5) is 63.7. The molecule has 0 unspecified atom stereocenters. The maximum atomic E-state index is 12.6. The number of thiazole rings is 1. The van der Waals surface area contributed by atoms with E-state index in [2.05, 4.69) is 20.0 Å². The number of aromatic amines is 2. The van der Waals surface area contributed by atoms with Crippen LogP contribution in [0.1, 0.15) is 10.4 Å². The number of ether oxygens (including phenoxy) is 1. The van der Waals surface area contributed by atoms with Crippen molar-refractivity contribution in [3.63, 3.8) is 0 Å². The predicted molar refractivity (Wildman–Crippen MR) is 107 cm³/mol. The second-order valence-corrected chi connectivity index (χ2v) is 9.06. The zero-order chi connectivity index (χ0) is 23.5. The SMILES string of the molecule is O=C(COC(=O)c1c[nH]c(=O)[nH]c1=O)Nc1ncc(S(=O)(=O)c2ccc([N+](=O)[O-])cc2)s1. The number of anilines is 1. The average Bonchev–Trinajstić information content (AvgIpc) is 3.21. The van der Waals surface area contributed by atoms with E-state index in [1.165, 1.54) is 0 Å². The smallest absolute Gasteiger partial charge is 0.345 e. The largest absolute Gasteiger partial charge is 0.452 e. The summed E-state index contributed by atoms with van der Waals surface area (Å²) in [7, 11) is -4.04. The van der Waals surface area contributed by atoms with Gasteiger partial charge in [-0.2, -0.15) is 0 Å². The molecule has 1 amide bonds. The third-order valence-electron chi connectivity index (χ3n) is 3.73. The van der Waals surface area contributed by atoms with Gasteiger partial charge in [0.2, 0.25) is 9.84 Å². The Kier molecular flexibility index (Phi) is 6.26. The summed E-state index contributed by atoms with van der Waals surface area (Å²) in [5, 5.41) is 12.8. The number of nitrogens with one attached hydrogen (secondary N) is 3. The van der Waals surface area contributed by atoms with Gasteiger partial charge in [0, 0.05) is 18.3 Å². The lowest BCUT2D eigenvalue weighted by atomic mass is 10.3. The second kappa shape index (κ2) is 8.90. The molecule has 166 valence electrons. The van der Waals surface area contributed by atoms with Crippen molar-refractivity contribution in [2.45, 2.75) is 9.10 Å². The molecule has 3 N–H and O–H groups in total. The van der Waals surface area contributed by atoms with Crippen molar-refractivity contribution in [1.29, 1.82) is 0 Å². The molecule has 2 heterocycles. The maximum absolute atomic E-state index is 12.6. The van der Waals surface area contributed by atoms with Gasteiger partial charge in [0.1, 0.15) is 9.77 Å². The van der Waals surface area contributed by atoms with Crippen LogP contribution < -0.4 is 16.6 Å². The summed E-state index contributed by atoms with van der Waals surface area (Å²) < 4.78 is 29.6. The van der Waals surface area contributed by atoms with E-state index in [1.54, 1.807) is 0 Å². The Balaban J connectivity index is 1.64. The van der Waals surface area contributed by atoms with Crippen LogP contribution in [0.3, 0.4) is 0 Å². The second-order valence-electron chi connectivity index (χ2n) is 5.85. The molecule has 0 saturated heterocycles. The van der Waals surface area contributed by atoms with Crippen molar-refractivity contribution in [2.75, 3.05) is 11.9 Å². The number of non-ortho nitro benzene ring substituents is 1. The predicted octanol–water partition coefficient (Wildman–Crippen LogP) is 0.0562. The minimum atomic E-state index is -4.04. The number of nitrogens with zero attached hydrogens (tertiary/aromatic N) is 2. The molecule has 0 atom stereocenters. The topological polar surface area (TPSA) is 211 Å². The van der Waals surface area contributed by atoms with Gasteiger partial charge in [-0.05, 0) is 12.1 Å². The Morgan fingerprint density at radius 1 is 1.22 bits per heavy atom. The van der Waals surface area contributed by atoms with Gasteiger partial charge >= 0.3 is 11.7 Å². The van der Waals surface area contributed by atoms with Crippen LogP contribution in [-0.2, 0) is 19.4 Å². The summed E-state index contributed by atoms with van der Waals surface area (Å²) in [6, 6.07) is 4.23. The Morgan fingerprint density at radius 2 is 1.91 bits per heavy atom. The van der Waals surface area contributed by atoms with Crippen LogP contribution in [0.5, 0.6) is 0 Å². The number of amides is 1. The molecule has 0 radical (unpaired) electrons. The Hall–Kier alpha value is -4.18. The number of nitro benzene ring substituents is 1. The van der Waals surface area contributed by atoms with Crippen LogP contribution in [0.4, 0.5) is 10.8 Å². The molecule has 3 rings (SSSR count). The highest BCUT2D eigenvalue weighted by atomic mass is 32.2. The summed E-state index contributed by atoms with van der Waals surface area (Å²) in [6.45, 7) is -0.818. The van der Waals surface area contributed by atoms with E-state index in [-0.39, 0.29) is 19.9 Å². The number of sulfone groups is 1. The molecule has 32 heavy (non-hydrogen) atoms. The number of rotatable bonds is 7. The highest BCUT2D eigenvalue weighted by Crippen LogP contribution is 2.29. The normalized spacial score (nSPS) is 11.0. The Morgan fingerprint density at radius 3 is 2.53 bits per heavy atom. The quantitative estimate of drug-likeness (QED) is 0.234. The van der Waals surface area contributed by atoms with E-state index >= 15 is 0 Å². The highest BCUT2D eigenvalue weighted by Gasteiger charge is 2.23. The average molecular weight is 481 g/mol. The summed E-state index contributed by atoms with van der Waals surface area (Å²) in [6.07, 6.45) is 1.82. The summed E-state index contributed by atoms with van der Waals surface area (Å²) >= 11 is 0.608.